The van der Waals surface area contributed by atoms with E-state index in [1.54, 1.807) is 11.5 Å². The molecule has 4 aliphatic rings. The molecule has 1 nitrogen and oxygen atoms in total. The Labute approximate surface area is 146 Å². The maximum atomic E-state index is 9.82. The molecule has 1 heteroatoms. The number of phenolic OH excluding ortho intramolecular Hbond substituents is 1. The van der Waals surface area contributed by atoms with Crippen LogP contribution < -0.4 is 0 Å². The molecule has 3 fully saturated rings. The zero-order chi connectivity index (χ0) is 16.3. The topological polar surface area (TPSA) is 20.2 Å². The largest absolute Gasteiger partial charge is 0.508 e. The number of hydrogen-bond acceptors (Lipinski definition) is 1. The fourth-order valence-corrected chi connectivity index (χ4v) is 6.54. The second-order valence-corrected chi connectivity index (χ2v) is 8.85. The first-order valence-electron chi connectivity index (χ1n) is 9.67. The van der Waals surface area contributed by atoms with E-state index in [0.29, 0.717) is 11.2 Å². The van der Waals surface area contributed by atoms with Crippen LogP contribution in [0.2, 0.25) is 0 Å². The Hall–Kier alpha value is -0.980. The van der Waals surface area contributed by atoms with Crippen LogP contribution in [0.25, 0.3) is 0 Å². The van der Waals surface area contributed by atoms with Crippen molar-refractivity contribution in [3.63, 3.8) is 0 Å². The molecule has 1 aromatic carbocycles. The molecule has 0 saturated heterocycles. The van der Waals surface area contributed by atoms with Gasteiger partial charge in [0.15, 0.2) is 0 Å². The molecule has 24 heavy (non-hydrogen) atoms. The van der Waals surface area contributed by atoms with Gasteiger partial charge in [0.25, 0.3) is 0 Å². The summed E-state index contributed by atoms with van der Waals surface area (Å²) in [5, 5.41) is 9.82. The fourth-order valence-electron chi connectivity index (χ4n) is 6.54. The van der Waals surface area contributed by atoms with Crippen LogP contribution in [0.3, 0.4) is 0 Å². The predicted molar refractivity (Wildman–Crippen MR) is 96.7 cm³/mol. The number of benzene rings is 1. The van der Waals surface area contributed by atoms with Crippen molar-refractivity contribution in [2.24, 2.45) is 23.2 Å². The predicted octanol–water partition coefficient (Wildman–Crippen LogP) is 5.27. The van der Waals surface area contributed by atoms with Crippen LogP contribution in [0.4, 0.5) is 0 Å². The summed E-state index contributed by atoms with van der Waals surface area (Å²) in [7, 11) is 0. The molecule has 1 aromatic rings. The number of aromatic hydroxyl groups is 1. The highest BCUT2D eigenvalue weighted by atomic mass is 16.3. The Balaban J connectivity index is 1.43. The lowest BCUT2D eigenvalue weighted by Gasteiger charge is -2.49. The van der Waals surface area contributed by atoms with Gasteiger partial charge in [-0.25, -0.2) is 0 Å². The number of hydrogen-bond donors (Lipinski definition) is 1. The van der Waals surface area contributed by atoms with E-state index in [1.165, 1.54) is 37.7 Å². The van der Waals surface area contributed by atoms with Gasteiger partial charge in [-0.1, -0.05) is 13.0 Å². The standard InChI is InChI=1S/C23H27O/c1-23-11-10-20-19-9-7-18(24)12-16(19)6-8-21(20)22(23)13-17(14-23)15-4-2-3-5-15/h2-5,7,9,12,17,20-22,24H,6,8,10-11,13-14H2,1H3/t17-,20-,21-,22+,23-/m1/s1. The van der Waals surface area contributed by atoms with E-state index < -0.39 is 0 Å². The Morgan fingerprint density at radius 2 is 1.96 bits per heavy atom. The SMILES string of the molecule is C[C@]12CC[C@@H]3c4ccc(O)cc4CC[C@H]3[C@@H]1C[C@@H]([C]1[CH][CH][CH][CH]1)C2. The molecule has 125 valence electrons. The number of fused-ring (bicyclic) bond motifs is 5. The molecule has 5 radical (unpaired) electrons. The van der Waals surface area contributed by atoms with Gasteiger partial charge < -0.3 is 5.11 Å². The molecule has 0 spiro atoms. The molecule has 0 aromatic heterocycles. The van der Waals surface area contributed by atoms with Crippen molar-refractivity contribution in [2.75, 3.05) is 0 Å². The summed E-state index contributed by atoms with van der Waals surface area (Å²) >= 11 is 0. The second kappa shape index (κ2) is 5.51. The highest BCUT2D eigenvalue weighted by Gasteiger charge is 2.54. The average Bonchev–Trinajstić information content (AvgIpc) is 3.21. The maximum absolute atomic E-state index is 9.82. The van der Waals surface area contributed by atoms with E-state index in [2.05, 4.69) is 38.7 Å². The first kappa shape index (κ1) is 15.3. The summed E-state index contributed by atoms with van der Waals surface area (Å²) in [5.74, 6) is 5.23. The molecule has 5 rings (SSSR count). The highest BCUT2D eigenvalue weighted by Crippen LogP contribution is 2.64. The van der Waals surface area contributed by atoms with Gasteiger partial charge in [0.2, 0.25) is 0 Å². The van der Waals surface area contributed by atoms with Gasteiger partial charge in [-0.15, -0.1) is 0 Å². The van der Waals surface area contributed by atoms with Crippen LogP contribution in [0.15, 0.2) is 18.2 Å². The number of rotatable bonds is 1. The molecule has 1 N–H and O–H groups in total. The zero-order valence-electron chi connectivity index (χ0n) is 14.5. The highest BCUT2D eigenvalue weighted by molar-refractivity contribution is 5.41. The number of phenols is 1. The van der Waals surface area contributed by atoms with Crippen molar-refractivity contribution >= 4 is 0 Å². The van der Waals surface area contributed by atoms with Gasteiger partial charge in [-0.05, 0) is 122 Å². The third kappa shape index (κ3) is 2.26. The number of aryl methyl sites for hydroxylation is 1. The smallest absolute Gasteiger partial charge is 0.115 e. The lowest BCUT2D eigenvalue weighted by Crippen LogP contribution is -2.39. The molecule has 0 aliphatic heterocycles. The van der Waals surface area contributed by atoms with E-state index in [9.17, 15) is 5.11 Å². The van der Waals surface area contributed by atoms with Gasteiger partial charge in [-0.2, -0.15) is 0 Å². The van der Waals surface area contributed by atoms with Crippen LogP contribution >= 0.6 is 0 Å². The molecule has 5 atom stereocenters. The molecule has 0 unspecified atom stereocenters. The van der Waals surface area contributed by atoms with Gasteiger partial charge in [0.05, 0.1) is 0 Å². The van der Waals surface area contributed by atoms with Crippen molar-refractivity contribution in [2.45, 2.75) is 51.4 Å². The molecular weight excluding hydrogens is 292 g/mol. The van der Waals surface area contributed by atoms with Gasteiger partial charge in [-0.3, -0.25) is 0 Å². The maximum Gasteiger partial charge on any atom is 0.115 e. The Morgan fingerprint density at radius 3 is 2.79 bits per heavy atom. The molecule has 4 aliphatic carbocycles. The molecule has 3 saturated carbocycles. The quantitative estimate of drug-likeness (QED) is 0.747. The molecule has 0 amide bonds. The van der Waals surface area contributed by atoms with Gasteiger partial charge in [0, 0.05) is 0 Å². The third-order valence-corrected chi connectivity index (χ3v) is 7.64. The van der Waals surface area contributed by atoms with E-state index in [1.807, 2.05) is 12.1 Å². The first-order chi connectivity index (χ1) is 11.6. The lowest BCUT2D eigenvalue weighted by atomic mass is 9.56. The summed E-state index contributed by atoms with van der Waals surface area (Å²) in [6.07, 6.45) is 17.0. The summed E-state index contributed by atoms with van der Waals surface area (Å²) in [5.41, 5.74) is 3.49. The average molecular weight is 319 g/mol. The molecule has 0 heterocycles. The lowest BCUT2D eigenvalue weighted by molar-refractivity contribution is 0.0598. The third-order valence-electron chi connectivity index (χ3n) is 7.64. The van der Waals surface area contributed by atoms with E-state index in [0.717, 1.165) is 30.1 Å². The van der Waals surface area contributed by atoms with Crippen molar-refractivity contribution < 1.29 is 5.11 Å². The van der Waals surface area contributed by atoms with E-state index >= 15 is 0 Å². The second-order valence-electron chi connectivity index (χ2n) is 8.85. The monoisotopic (exact) mass is 319 g/mol. The van der Waals surface area contributed by atoms with Crippen molar-refractivity contribution in [1.82, 2.24) is 0 Å². The minimum Gasteiger partial charge on any atom is -0.508 e. The van der Waals surface area contributed by atoms with Crippen molar-refractivity contribution in [3.05, 3.63) is 60.9 Å². The van der Waals surface area contributed by atoms with Crippen molar-refractivity contribution in [1.29, 1.82) is 0 Å². The van der Waals surface area contributed by atoms with Crippen molar-refractivity contribution in [3.8, 4) is 5.75 Å². The minimum absolute atomic E-state index is 0.435. The normalized spacial score (nSPS) is 41.7. The first-order valence-corrected chi connectivity index (χ1v) is 9.67. The summed E-state index contributed by atoms with van der Waals surface area (Å²) in [6.45, 7) is 2.57. The van der Waals surface area contributed by atoms with Gasteiger partial charge >= 0.3 is 0 Å². The van der Waals surface area contributed by atoms with Crippen LogP contribution in [-0.2, 0) is 6.42 Å². The van der Waals surface area contributed by atoms with E-state index in [4.69, 9.17) is 0 Å². The Morgan fingerprint density at radius 1 is 1.12 bits per heavy atom. The Kier molecular flexibility index (Phi) is 3.51. The van der Waals surface area contributed by atoms with Crippen LogP contribution in [0.1, 0.15) is 56.1 Å². The summed E-state index contributed by atoms with van der Waals surface area (Å²) < 4.78 is 0. The zero-order valence-corrected chi connectivity index (χ0v) is 14.5. The summed E-state index contributed by atoms with van der Waals surface area (Å²) in [6, 6.07) is 6.13. The van der Waals surface area contributed by atoms with Crippen LogP contribution in [-0.4, -0.2) is 5.11 Å². The van der Waals surface area contributed by atoms with E-state index in [-0.39, 0.29) is 0 Å². The fraction of sp³-hybridized carbons (Fsp3) is 0.522. The molecular formula is C23H27O. The van der Waals surface area contributed by atoms with Gasteiger partial charge in [0.1, 0.15) is 5.75 Å². The summed E-state index contributed by atoms with van der Waals surface area (Å²) in [4.78, 5) is 0. The Bertz CT molecular complexity index is 629. The van der Waals surface area contributed by atoms with Crippen LogP contribution in [0, 0.1) is 54.8 Å². The minimum atomic E-state index is 0.435. The molecule has 0 bridgehead atoms. The van der Waals surface area contributed by atoms with Crippen LogP contribution in [0.5, 0.6) is 5.75 Å².